The molecule has 3 rings (SSSR count). The van der Waals surface area contributed by atoms with Crippen LogP contribution in [0.2, 0.25) is 5.02 Å². The highest BCUT2D eigenvalue weighted by molar-refractivity contribution is 7.99. The SMILES string of the molecule is CC(N)(CCc1ccc(Sc2cccc(OCc3ccccc3)c2)cc1Cl)COP(=O)(O)O. The Morgan fingerprint density at radius 2 is 1.76 bits per heavy atom. The van der Waals surface area contributed by atoms with Gasteiger partial charge in [0.15, 0.2) is 0 Å². The highest BCUT2D eigenvalue weighted by atomic mass is 35.5. The molecule has 0 bridgehead atoms. The van der Waals surface area contributed by atoms with Crippen LogP contribution in [0.5, 0.6) is 5.75 Å². The molecule has 1 atom stereocenters. The number of hydrogen-bond acceptors (Lipinski definition) is 5. The van der Waals surface area contributed by atoms with E-state index in [1.54, 1.807) is 18.7 Å². The smallest absolute Gasteiger partial charge is 0.469 e. The average molecular weight is 508 g/mol. The maximum atomic E-state index is 10.9. The normalized spacial score (nSPS) is 13.5. The van der Waals surface area contributed by atoms with Crippen molar-refractivity contribution in [2.24, 2.45) is 5.73 Å². The molecule has 0 saturated heterocycles. The minimum Gasteiger partial charge on any atom is -0.489 e. The first kappa shape index (κ1) is 25.8. The number of phosphoric ester groups is 1. The number of hydrogen-bond donors (Lipinski definition) is 3. The van der Waals surface area contributed by atoms with Crippen LogP contribution in [0.25, 0.3) is 0 Å². The maximum absolute atomic E-state index is 10.9. The lowest BCUT2D eigenvalue weighted by Crippen LogP contribution is -2.41. The molecular formula is C24H27ClNO5PS. The summed E-state index contributed by atoms with van der Waals surface area (Å²) < 4.78 is 21.4. The number of benzene rings is 3. The van der Waals surface area contributed by atoms with Crippen molar-refractivity contribution in [1.29, 1.82) is 0 Å². The highest BCUT2D eigenvalue weighted by Crippen LogP contribution is 2.37. The molecule has 1 unspecified atom stereocenters. The van der Waals surface area contributed by atoms with Gasteiger partial charge in [0.05, 0.1) is 6.61 Å². The van der Waals surface area contributed by atoms with Crippen LogP contribution in [0.1, 0.15) is 24.5 Å². The molecule has 0 aliphatic rings. The van der Waals surface area contributed by atoms with E-state index in [1.807, 2.05) is 72.8 Å². The van der Waals surface area contributed by atoms with Gasteiger partial charge in [-0.15, -0.1) is 0 Å². The van der Waals surface area contributed by atoms with E-state index < -0.39 is 13.4 Å². The molecule has 3 aromatic carbocycles. The Morgan fingerprint density at radius 3 is 2.45 bits per heavy atom. The topological polar surface area (TPSA) is 102 Å². The molecule has 0 fully saturated rings. The van der Waals surface area contributed by atoms with Crippen LogP contribution in [0.3, 0.4) is 0 Å². The molecule has 4 N–H and O–H groups in total. The molecular weight excluding hydrogens is 481 g/mol. The Kier molecular flexibility index (Phi) is 9.02. The summed E-state index contributed by atoms with van der Waals surface area (Å²) in [5.41, 5.74) is 7.23. The Morgan fingerprint density at radius 1 is 1.03 bits per heavy atom. The molecule has 0 radical (unpaired) electrons. The summed E-state index contributed by atoms with van der Waals surface area (Å²) in [5, 5.41) is 0.614. The highest BCUT2D eigenvalue weighted by Gasteiger charge is 2.24. The molecule has 0 aliphatic carbocycles. The zero-order valence-corrected chi connectivity index (χ0v) is 20.7. The number of phosphoric acid groups is 1. The monoisotopic (exact) mass is 507 g/mol. The van der Waals surface area contributed by atoms with Crippen molar-refractivity contribution in [1.82, 2.24) is 0 Å². The largest absolute Gasteiger partial charge is 0.489 e. The second-order valence-corrected chi connectivity index (χ2v) is 10.8. The van der Waals surface area contributed by atoms with Crippen molar-refractivity contribution in [2.75, 3.05) is 6.61 Å². The Labute approximate surface area is 203 Å². The summed E-state index contributed by atoms with van der Waals surface area (Å²) in [6.45, 7) is 1.95. The molecule has 0 aromatic heterocycles. The third kappa shape index (κ3) is 9.14. The van der Waals surface area contributed by atoms with Gasteiger partial charge in [-0.3, -0.25) is 4.52 Å². The molecule has 33 heavy (non-hydrogen) atoms. The summed E-state index contributed by atoms with van der Waals surface area (Å²) in [7, 11) is -4.55. The van der Waals surface area contributed by atoms with Crippen LogP contribution >= 0.6 is 31.2 Å². The summed E-state index contributed by atoms with van der Waals surface area (Å²) in [4.78, 5) is 19.8. The Hall–Kier alpha value is -1.83. The van der Waals surface area contributed by atoms with Crippen molar-refractivity contribution < 1.29 is 23.6 Å². The second-order valence-electron chi connectivity index (χ2n) is 8.02. The van der Waals surface area contributed by atoms with Gasteiger partial charge in [0.2, 0.25) is 0 Å². The summed E-state index contributed by atoms with van der Waals surface area (Å²) in [6.07, 6.45) is 1.02. The van der Waals surface area contributed by atoms with E-state index in [1.165, 1.54) is 0 Å². The Bertz CT molecular complexity index is 1110. The maximum Gasteiger partial charge on any atom is 0.469 e. The van der Waals surface area contributed by atoms with Gasteiger partial charge in [-0.1, -0.05) is 65.8 Å². The summed E-state index contributed by atoms with van der Waals surface area (Å²) >= 11 is 8.07. The first-order valence-corrected chi connectivity index (χ1v) is 13.0. The van der Waals surface area contributed by atoms with Crippen molar-refractivity contribution in [2.45, 2.75) is 41.7 Å². The van der Waals surface area contributed by atoms with E-state index in [9.17, 15) is 4.57 Å². The third-order valence-electron chi connectivity index (χ3n) is 4.84. The van der Waals surface area contributed by atoms with Gasteiger partial charge in [0.25, 0.3) is 0 Å². The van der Waals surface area contributed by atoms with E-state index >= 15 is 0 Å². The van der Waals surface area contributed by atoms with Gasteiger partial charge in [0.1, 0.15) is 12.4 Å². The minimum atomic E-state index is -4.55. The van der Waals surface area contributed by atoms with Crippen molar-refractivity contribution in [3.63, 3.8) is 0 Å². The van der Waals surface area contributed by atoms with Gasteiger partial charge in [-0.05, 0) is 61.2 Å². The van der Waals surface area contributed by atoms with E-state index in [0.29, 0.717) is 24.5 Å². The molecule has 176 valence electrons. The van der Waals surface area contributed by atoms with Crippen LogP contribution in [-0.4, -0.2) is 21.9 Å². The van der Waals surface area contributed by atoms with Crippen LogP contribution in [-0.2, 0) is 22.1 Å². The van der Waals surface area contributed by atoms with Crippen LogP contribution < -0.4 is 10.5 Å². The fourth-order valence-corrected chi connectivity index (χ4v) is 4.73. The lowest BCUT2D eigenvalue weighted by molar-refractivity contribution is 0.154. The molecule has 0 amide bonds. The first-order valence-electron chi connectivity index (χ1n) is 10.3. The number of aryl methyl sites for hydroxylation is 1. The molecule has 0 heterocycles. The van der Waals surface area contributed by atoms with E-state index in [-0.39, 0.29) is 6.61 Å². The van der Waals surface area contributed by atoms with Crippen molar-refractivity contribution in [3.05, 3.63) is 88.9 Å². The van der Waals surface area contributed by atoms with Crippen molar-refractivity contribution in [3.8, 4) is 5.75 Å². The van der Waals surface area contributed by atoms with Gasteiger partial charge in [-0.2, -0.15) is 0 Å². The number of ether oxygens (including phenoxy) is 1. The fraction of sp³-hybridized carbons (Fsp3) is 0.250. The van der Waals surface area contributed by atoms with Gasteiger partial charge >= 0.3 is 7.82 Å². The predicted molar refractivity (Wildman–Crippen MR) is 132 cm³/mol. The number of rotatable bonds is 11. The quantitative estimate of drug-likeness (QED) is 0.281. The van der Waals surface area contributed by atoms with Gasteiger partial charge < -0.3 is 20.3 Å². The van der Waals surface area contributed by atoms with Crippen LogP contribution in [0.15, 0.2) is 82.6 Å². The lowest BCUT2D eigenvalue weighted by Gasteiger charge is -2.24. The zero-order valence-electron chi connectivity index (χ0n) is 18.2. The first-order chi connectivity index (χ1) is 15.6. The van der Waals surface area contributed by atoms with Gasteiger partial charge in [0, 0.05) is 20.4 Å². The predicted octanol–water partition coefficient (Wildman–Crippen LogP) is 5.83. The average Bonchev–Trinajstić information content (AvgIpc) is 2.76. The molecule has 0 saturated carbocycles. The van der Waals surface area contributed by atoms with E-state index in [2.05, 4.69) is 4.52 Å². The molecule has 6 nitrogen and oxygen atoms in total. The van der Waals surface area contributed by atoms with Crippen molar-refractivity contribution >= 4 is 31.2 Å². The zero-order chi connectivity index (χ0) is 23.9. The minimum absolute atomic E-state index is 0.245. The van der Waals surface area contributed by atoms with E-state index in [4.69, 9.17) is 31.9 Å². The number of nitrogens with two attached hydrogens (primary N) is 1. The standard InChI is InChI=1S/C24H27ClNO5PS/c1-24(26,17-31-32(27,28)29)13-12-19-10-11-22(15-23(19)25)33-21-9-5-8-20(14-21)30-16-18-6-3-2-4-7-18/h2-11,14-15H,12-13,16-17,26H2,1H3,(H2,27,28,29). The van der Waals surface area contributed by atoms with E-state index in [0.717, 1.165) is 26.7 Å². The third-order valence-corrected chi connectivity index (χ3v) is 6.64. The second kappa shape index (κ2) is 11.5. The number of halogens is 1. The lowest BCUT2D eigenvalue weighted by atomic mass is 9.95. The van der Waals surface area contributed by atoms with Crippen LogP contribution in [0.4, 0.5) is 0 Å². The summed E-state index contributed by atoms with van der Waals surface area (Å²) in [6, 6.07) is 23.8. The summed E-state index contributed by atoms with van der Waals surface area (Å²) in [5.74, 6) is 0.798. The fourth-order valence-electron chi connectivity index (χ4n) is 3.02. The molecule has 9 heteroatoms. The van der Waals surface area contributed by atoms with Crippen LogP contribution in [0, 0.1) is 0 Å². The molecule has 0 aliphatic heterocycles. The molecule has 0 spiro atoms. The Balaban J connectivity index is 1.57. The van der Waals surface area contributed by atoms with Gasteiger partial charge in [-0.25, -0.2) is 4.57 Å². The molecule has 3 aromatic rings.